The number of alkyl halides is 1. The first-order chi connectivity index (χ1) is 6.88. The second kappa shape index (κ2) is 4.50. The molecule has 3 heteroatoms. The van der Waals surface area contributed by atoms with Gasteiger partial charge >= 0.3 is 0 Å². The van der Waals surface area contributed by atoms with Gasteiger partial charge in [0.2, 0.25) is 0 Å². The fraction of sp³-hybridized carbons (Fsp3) is 0.500. The lowest BCUT2D eigenvalue weighted by molar-refractivity contribution is 0.215. The molecule has 0 aliphatic heterocycles. The third-order valence-corrected chi connectivity index (χ3v) is 2.76. The van der Waals surface area contributed by atoms with Gasteiger partial charge in [-0.15, -0.1) is 0 Å². The van der Waals surface area contributed by atoms with Crippen molar-refractivity contribution in [2.45, 2.75) is 32.4 Å². The first kappa shape index (κ1) is 12.5. The largest absolute Gasteiger partial charge is 0.396 e. The summed E-state index contributed by atoms with van der Waals surface area (Å²) >= 11 is 5.99. The van der Waals surface area contributed by atoms with E-state index in [2.05, 4.69) is 0 Å². The minimum Gasteiger partial charge on any atom is -0.396 e. The molecule has 0 aliphatic rings. The van der Waals surface area contributed by atoms with Gasteiger partial charge in [-0.3, -0.25) is 0 Å². The zero-order valence-corrected chi connectivity index (χ0v) is 9.98. The molecular weight excluding hydrogens is 215 g/mol. The van der Waals surface area contributed by atoms with Crippen molar-refractivity contribution in [3.63, 3.8) is 0 Å². The molecule has 0 amide bonds. The summed E-state index contributed by atoms with van der Waals surface area (Å²) in [7, 11) is 0. The Morgan fingerprint density at radius 3 is 2.53 bits per heavy atom. The van der Waals surface area contributed by atoms with Crippen LogP contribution in [0, 0.1) is 0 Å². The van der Waals surface area contributed by atoms with E-state index in [-0.39, 0.29) is 12.5 Å². The lowest BCUT2D eigenvalue weighted by Gasteiger charge is -2.23. The lowest BCUT2D eigenvalue weighted by atomic mass is 9.88. The third-order valence-electron chi connectivity index (χ3n) is 2.45. The Balaban J connectivity index is 3.33. The molecule has 1 N–H and O–H groups in total. The molecule has 1 aromatic rings. The molecule has 0 saturated heterocycles. The normalized spacial score (nSPS) is 14.0. The maximum Gasteiger partial charge on any atom is 0.132 e. The molecule has 84 valence electrons. The van der Waals surface area contributed by atoms with Crippen LogP contribution in [0.15, 0.2) is 18.2 Å². The van der Waals surface area contributed by atoms with Crippen LogP contribution in [-0.4, -0.2) is 11.7 Å². The number of hydrogen-bond donors (Lipinski definition) is 1. The van der Waals surface area contributed by atoms with Crippen molar-refractivity contribution in [2.75, 3.05) is 6.61 Å². The van der Waals surface area contributed by atoms with Gasteiger partial charge in [0.1, 0.15) is 5.67 Å². The molecule has 0 saturated carbocycles. The molecule has 0 heterocycles. The van der Waals surface area contributed by atoms with Gasteiger partial charge in [0.25, 0.3) is 0 Å². The first-order valence-electron chi connectivity index (χ1n) is 4.96. The number of hydrogen-bond acceptors (Lipinski definition) is 1. The zero-order valence-electron chi connectivity index (χ0n) is 9.22. The van der Waals surface area contributed by atoms with Crippen LogP contribution in [0.25, 0.3) is 0 Å². The van der Waals surface area contributed by atoms with Crippen LogP contribution in [0.2, 0.25) is 5.02 Å². The maximum absolute atomic E-state index is 14.0. The quantitative estimate of drug-likeness (QED) is 0.841. The second-order valence-corrected chi connectivity index (χ2v) is 4.67. The molecule has 1 atom stereocenters. The zero-order chi connectivity index (χ0) is 11.6. The van der Waals surface area contributed by atoms with Crippen LogP contribution < -0.4 is 0 Å². The Morgan fingerprint density at radius 2 is 2.07 bits per heavy atom. The summed E-state index contributed by atoms with van der Waals surface area (Å²) < 4.78 is 14.0. The van der Waals surface area contributed by atoms with Crippen LogP contribution in [0.5, 0.6) is 0 Å². The molecule has 0 fully saturated rings. The van der Waals surface area contributed by atoms with E-state index >= 15 is 0 Å². The highest BCUT2D eigenvalue weighted by atomic mass is 35.5. The van der Waals surface area contributed by atoms with E-state index in [0.29, 0.717) is 10.6 Å². The van der Waals surface area contributed by atoms with Crippen molar-refractivity contribution in [3.05, 3.63) is 34.3 Å². The minimum absolute atomic E-state index is 0.0105. The highest BCUT2D eigenvalue weighted by Crippen LogP contribution is 2.36. The Bertz CT molecular complexity index is 344. The van der Waals surface area contributed by atoms with Crippen molar-refractivity contribution >= 4 is 11.6 Å². The Kier molecular flexibility index (Phi) is 3.74. The van der Waals surface area contributed by atoms with Crippen molar-refractivity contribution in [1.82, 2.24) is 0 Å². The summed E-state index contributed by atoms with van der Waals surface area (Å²) in [5.41, 5.74) is -0.234. The topological polar surface area (TPSA) is 20.2 Å². The van der Waals surface area contributed by atoms with Crippen molar-refractivity contribution in [3.8, 4) is 0 Å². The van der Waals surface area contributed by atoms with Gasteiger partial charge in [-0.05, 0) is 25.5 Å². The summed E-state index contributed by atoms with van der Waals surface area (Å²) in [5, 5.41) is 9.52. The predicted molar refractivity (Wildman–Crippen MR) is 61.1 cm³/mol. The predicted octanol–water partition coefficient (Wildman–Crippen LogP) is 3.64. The molecule has 0 aliphatic carbocycles. The van der Waals surface area contributed by atoms with Crippen LogP contribution in [0.3, 0.4) is 0 Å². The monoisotopic (exact) mass is 230 g/mol. The molecule has 1 unspecified atom stereocenters. The second-order valence-electron chi connectivity index (χ2n) is 4.26. The van der Waals surface area contributed by atoms with Gasteiger partial charge in [0.15, 0.2) is 0 Å². The summed E-state index contributed by atoms with van der Waals surface area (Å²) in [6.07, 6.45) is 0. The van der Waals surface area contributed by atoms with Gasteiger partial charge in [-0.1, -0.05) is 30.7 Å². The molecule has 0 spiro atoms. The van der Waals surface area contributed by atoms with Crippen molar-refractivity contribution in [2.24, 2.45) is 0 Å². The van der Waals surface area contributed by atoms with E-state index in [0.717, 1.165) is 5.56 Å². The summed E-state index contributed by atoms with van der Waals surface area (Å²) in [6.45, 7) is 4.79. The maximum atomic E-state index is 14.0. The van der Waals surface area contributed by atoms with Crippen LogP contribution in [-0.2, 0) is 5.67 Å². The molecule has 1 rings (SSSR count). The number of halogens is 2. The highest BCUT2D eigenvalue weighted by Gasteiger charge is 2.27. The summed E-state index contributed by atoms with van der Waals surface area (Å²) in [6, 6.07) is 5.26. The lowest BCUT2D eigenvalue weighted by Crippen LogP contribution is -2.15. The average Bonchev–Trinajstić information content (AvgIpc) is 2.14. The van der Waals surface area contributed by atoms with Crippen molar-refractivity contribution in [1.29, 1.82) is 0 Å². The Morgan fingerprint density at radius 1 is 1.47 bits per heavy atom. The number of rotatable bonds is 3. The standard InChI is InChI=1S/C12H16ClFO/c1-8(7-15)9-5-4-6-10(13)11(9)12(2,3)14/h4-6,8,15H,7H2,1-3H3. The van der Waals surface area contributed by atoms with Gasteiger partial charge in [0, 0.05) is 23.1 Å². The number of aliphatic hydroxyl groups excluding tert-OH is 1. The van der Waals surface area contributed by atoms with E-state index in [1.807, 2.05) is 13.0 Å². The smallest absolute Gasteiger partial charge is 0.132 e. The van der Waals surface area contributed by atoms with Gasteiger partial charge < -0.3 is 5.11 Å². The number of aliphatic hydroxyl groups is 1. The summed E-state index contributed by atoms with van der Waals surface area (Å²) in [5.74, 6) is -0.103. The van der Waals surface area contributed by atoms with Crippen LogP contribution >= 0.6 is 11.6 Å². The SMILES string of the molecule is CC(CO)c1cccc(Cl)c1C(C)(C)F. The van der Waals surface area contributed by atoms with Crippen LogP contribution in [0.1, 0.15) is 37.8 Å². The van der Waals surface area contributed by atoms with E-state index in [9.17, 15) is 4.39 Å². The van der Waals surface area contributed by atoms with Crippen molar-refractivity contribution < 1.29 is 9.50 Å². The van der Waals surface area contributed by atoms with E-state index in [4.69, 9.17) is 16.7 Å². The molecule has 0 bridgehead atoms. The average molecular weight is 231 g/mol. The first-order valence-corrected chi connectivity index (χ1v) is 5.34. The van der Waals surface area contributed by atoms with E-state index < -0.39 is 5.67 Å². The molecular formula is C12H16ClFO. The molecule has 0 aromatic heterocycles. The van der Waals surface area contributed by atoms with Gasteiger partial charge in [-0.2, -0.15) is 0 Å². The minimum atomic E-state index is -1.49. The highest BCUT2D eigenvalue weighted by molar-refractivity contribution is 6.31. The van der Waals surface area contributed by atoms with Gasteiger partial charge in [0.05, 0.1) is 0 Å². The molecule has 15 heavy (non-hydrogen) atoms. The van der Waals surface area contributed by atoms with Crippen LogP contribution in [0.4, 0.5) is 4.39 Å². The van der Waals surface area contributed by atoms with E-state index in [1.54, 1.807) is 12.1 Å². The summed E-state index contributed by atoms with van der Waals surface area (Å²) in [4.78, 5) is 0. The fourth-order valence-corrected chi connectivity index (χ4v) is 2.08. The van der Waals surface area contributed by atoms with E-state index in [1.165, 1.54) is 13.8 Å². The Hall–Kier alpha value is -0.600. The molecule has 1 nitrogen and oxygen atoms in total. The third kappa shape index (κ3) is 2.70. The molecule has 1 aromatic carbocycles. The molecule has 0 radical (unpaired) electrons. The Labute approximate surface area is 94.9 Å². The van der Waals surface area contributed by atoms with Gasteiger partial charge in [-0.25, -0.2) is 4.39 Å². The number of benzene rings is 1. The fourth-order valence-electron chi connectivity index (χ4n) is 1.68.